The van der Waals surface area contributed by atoms with Gasteiger partial charge in [0.2, 0.25) is 0 Å². The number of ketones is 1. The highest BCUT2D eigenvalue weighted by atomic mass is 19.1. The topological polar surface area (TPSA) is 74.6 Å². The van der Waals surface area contributed by atoms with Crippen molar-refractivity contribution in [3.8, 4) is 11.1 Å². The van der Waals surface area contributed by atoms with Crippen LogP contribution in [-0.4, -0.2) is 36.5 Å². The Morgan fingerprint density at radius 3 is 2.12 bits per heavy atom. The Hall–Kier alpha value is -2.96. The highest BCUT2D eigenvalue weighted by Gasteiger charge is 2.27. The van der Waals surface area contributed by atoms with Crippen LogP contribution in [0.3, 0.4) is 0 Å². The summed E-state index contributed by atoms with van der Waals surface area (Å²) < 4.78 is 24.0. The van der Waals surface area contributed by atoms with Crippen LogP contribution in [0.4, 0.5) is 4.39 Å². The highest BCUT2D eigenvalue weighted by molar-refractivity contribution is 6.06. The quantitative estimate of drug-likeness (QED) is 0.786. The molecule has 2 rings (SSSR count). The molecule has 126 valence electrons. The average molecular weight is 333 g/mol. The molecule has 0 aliphatic heterocycles. The molecule has 0 saturated heterocycles. The summed E-state index contributed by atoms with van der Waals surface area (Å²) in [6.07, 6.45) is 1.36. The first-order valence-electron chi connectivity index (χ1n) is 7.04. The molecular formula is C17H16FNO5. The molecule has 0 unspecified atom stereocenters. The summed E-state index contributed by atoms with van der Waals surface area (Å²) in [6, 6.07) is 5.28. The normalized spacial score (nSPS) is 10.3. The van der Waals surface area contributed by atoms with Crippen LogP contribution >= 0.6 is 0 Å². The van der Waals surface area contributed by atoms with Gasteiger partial charge in [-0.1, -0.05) is 12.1 Å². The van der Waals surface area contributed by atoms with E-state index in [-0.39, 0.29) is 29.1 Å². The lowest BCUT2D eigenvalue weighted by atomic mass is 10.0. The fraction of sp³-hybridized carbons (Fsp3) is 0.235. The molecule has 0 atom stereocenters. The van der Waals surface area contributed by atoms with Crippen molar-refractivity contribution in [1.82, 2.24) is 4.57 Å². The largest absolute Gasteiger partial charge is 0.465 e. The molecule has 1 aromatic heterocycles. The SMILES string of the molecule is COC(=O)c1cn(CC(C)=O)c(C(=O)OC)c1-c1ccc(F)cc1. The molecule has 1 heterocycles. The molecular weight excluding hydrogens is 317 g/mol. The van der Waals surface area contributed by atoms with Crippen LogP contribution in [0.1, 0.15) is 27.8 Å². The van der Waals surface area contributed by atoms with E-state index in [4.69, 9.17) is 9.47 Å². The van der Waals surface area contributed by atoms with E-state index in [9.17, 15) is 18.8 Å². The van der Waals surface area contributed by atoms with Crippen LogP contribution < -0.4 is 0 Å². The van der Waals surface area contributed by atoms with Crippen LogP contribution in [0.25, 0.3) is 11.1 Å². The number of rotatable bonds is 5. The van der Waals surface area contributed by atoms with E-state index in [1.807, 2.05) is 0 Å². The van der Waals surface area contributed by atoms with Crippen LogP contribution in [0.2, 0.25) is 0 Å². The predicted molar refractivity (Wildman–Crippen MR) is 83.2 cm³/mol. The van der Waals surface area contributed by atoms with Crippen molar-refractivity contribution in [2.45, 2.75) is 13.5 Å². The molecule has 1 aromatic carbocycles. The molecule has 0 fully saturated rings. The molecule has 7 heteroatoms. The Morgan fingerprint density at radius 1 is 1.04 bits per heavy atom. The number of Topliss-reactive ketones (excluding diaryl/α,β-unsaturated/α-hetero) is 1. The van der Waals surface area contributed by atoms with Gasteiger partial charge < -0.3 is 14.0 Å². The van der Waals surface area contributed by atoms with Gasteiger partial charge in [0.25, 0.3) is 0 Å². The second kappa shape index (κ2) is 7.08. The number of hydrogen-bond acceptors (Lipinski definition) is 5. The summed E-state index contributed by atoms with van der Waals surface area (Å²) >= 11 is 0. The van der Waals surface area contributed by atoms with Gasteiger partial charge >= 0.3 is 11.9 Å². The van der Waals surface area contributed by atoms with E-state index in [0.717, 1.165) is 0 Å². The average Bonchev–Trinajstić information content (AvgIpc) is 2.92. The number of nitrogens with zero attached hydrogens (tertiary/aromatic N) is 1. The number of carbonyl (C=O) groups excluding carboxylic acids is 3. The fourth-order valence-electron chi connectivity index (χ4n) is 2.41. The summed E-state index contributed by atoms with van der Waals surface area (Å²) in [4.78, 5) is 35.8. The molecule has 0 aliphatic carbocycles. The number of halogens is 1. The first-order chi connectivity index (χ1) is 11.4. The van der Waals surface area contributed by atoms with E-state index in [0.29, 0.717) is 5.56 Å². The lowest BCUT2D eigenvalue weighted by molar-refractivity contribution is -0.117. The van der Waals surface area contributed by atoms with E-state index in [2.05, 4.69) is 0 Å². The van der Waals surface area contributed by atoms with Gasteiger partial charge in [-0.05, 0) is 24.6 Å². The molecule has 0 N–H and O–H groups in total. The van der Waals surface area contributed by atoms with Crippen molar-refractivity contribution < 1.29 is 28.2 Å². The molecule has 0 bridgehead atoms. The highest BCUT2D eigenvalue weighted by Crippen LogP contribution is 2.31. The molecule has 2 aromatic rings. The lowest BCUT2D eigenvalue weighted by Crippen LogP contribution is -2.14. The predicted octanol–water partition coefficient (Wildman–Crippen LogP) is 2.46. The zero-order valence-corrected chi connectivity index (χ0v) is 13.5. The maximum atomic E-state index is 13.2. The Labute approximate surface area is 137 Å². The van der Waals surface area contributed by atoms with Crippen LogP contribution in [0.15, 0.2) is 30.5 Å². The zero-order chi connectivity index (χ0) is 17.9. The van der Waals surface area contributed by atoms with E-state index >= 15 is 0 Å². The van der Waals surface area contributed by atoms with Gasteiger partial charge in [-0.15, -0.1) is 0 Å². The van der Waals surface area contributed by atoms with E-state index in [1.165, 1.54) is 56.2 Å². The summed E-state index contributed by atoms with van der Waals surface area (Å²) in [5.74, 6) is -2.06. The molecule has 0 spiro atoms. The van der Waals surface area contributed by atoms with Crippen molar-refractivity contribution in [1.29, 1.82) is 0 Å². The Balaban J connectivity index is 2.78. The van der Waals surface area contributed by atoms with Gasteiger partial charge in [-0.3, -0.25) is 4.79 Å². The zero-order valence-electron chi connectivity index (χ0n) is 13.5. The fourth-order valence-corrected chi connectivity index (χ4v) is 2.41. The monoisotopic (exact) mass is 333 g/mol. The maximum absolute atomic E-state index is 13.2. The van der Waals surface area contributed by atoms with Crippen molar-refractivity contribution in [2.75, 3.05) is 14.2 Å². The molecule has 0 amide bonds. The molecule has 6 nitrogen and oxygen atoms in total. The maximum Gasteiger partial charge on any atom is 0.355 e. The summed E-state index contributed by atoms with van der Waals surface area (Å²) in [5, 5.41) is 0. The molecule has 0 radical (unpaired) electrons. The van der Waals surface area contributed by atoms with Crippen LogP contribution in [-0.2, 0) is 20.8 Å². The second-order valence-corrected chi connectivity index (χ2v) is 5.09. The number of aromatic nitrogens is 1. The first kappa shape index (κ1) is 17.4. The minimum absolute atomic E-state index is 0.0275. The smallest absolute Gasteiger partial charge is 0.355 e. The second-order valence-electron chi connectivity index (χ2n) is 5.09. The summed E-state index contributed by atoms with van der Waals surface area (Å²) in [6.45, 7) is 1.24. The first-order valence-corrected chi connectivity index (χ1v) is 7.04. The van der Waals surface area contributed by atoms with Crippen molar-refractivity contribution in [3.63, 3.8) is 0 Å². The number of methoxy groups -OCH3 is 2. The van der Waals surface area contributed by atoms with Crippen molar-refractivity contribution in [2.24, 2.45) is 0 Å². The Kier molecular flexibility index (Phi) is 5.13. The number of esters is 2. The van der Waals surface area contributed by atoms with Gasteiger partial charge in [0.1, 0.15) is 17.3 Å². The summed E-state index contributed by atoms with van der Waals surface area (Å²) in [5.41, 5.74) is 0.778. The Bertz CT molecular complexity index is 792. The summed E-state index contributed by atoms with van der Waals surface area (Å²) in [7, 11) is 2.40. The third-order valence-corrected chi connectivity index (χ3v) is 3.39. The van der Waals surface area contributed by atoms with Gasteiger partial charge in [0.05, 0.1) is 26.3 Å². The number of benzene rings is 1. The minimum Gasteiger partial charge on any atom is -0.465 e. The van der Waals surface area contributed by atoms with Gasteiger partial charge in [0.15, 0.2) is 0 Å². The van der Waals surface area contributed by atoms with E-state index < -0.39 is 17.8 Å². The minimum atomic E-state index is -0.717. The standard InChI is InChI=1S/C17H16FNO5/c1-10(20)8-19-9-13(16(21)23-2)14(15(19)17(22)24-3)11-4-6-12(18)7-5-11/h4-7,9H,8H2,1-3H3. The number of hydrogen-bond donors (Lipinski definition) is 0. The number of carbonyl (C=O) groups is 3. The van der Waals surface area contributed by atoms with Crippen LogP contribution in [0.5, 0.6) is 0 Å². The number of ether oxygens (including phenoxy) is 2. The van der Waals surface area contributed by atoms with Crippen molar-refractivity contribution in [3.05, 3.63) is 47.5 Å². The molecule has 0 saturated carbocycles. The van der Waals surface area contributed by atoms with Gasteiger partial charge in [0, 0.05) is 11.8 Å². The van der Waals surface area contributed by atoms with Crippen molar-refractivity contribution >= 4 is 17.7 Å². The molecule has 0 aliphatic rings. The lowest BCUT2D eigenvalue weighted by Gasteiger charge is -2.09. The third-order valence-electron chi connectivity index (χ3n) is 3.39. The molecule has 24 heavy (non-hydrogen) atoms. The van der Waals surface area contributed by atoms with Gasteiger partial charge in [-0.25, -0.2) is 14.0 Å². The third kappa shape index (κ3) is 3.34. The Morgan fingerprint density at radius 2 is 1.62 bits per heavy atom. The van der Waals surface area contributed by atoms with Crippen LogP contribution in [0, 0.1) is 5.82 Å². The van der Waals surface area contributed by atoms with Gasteiger partial charge in [-0.2, -0.15) is 0 Å². The van der Waals surface area contributed by atoms with E-state index in [1.54, 1.807) is 0 Å².